The molecule has 3 nitrogen and oxygen atoms in total. The smallest absolute Gasteiger partial charge is 0.160 e. The van der Waals surface area contributed by atoms with Crippen molar-refractivity contribution in [2.75, 3.05) is 0 Å². The molecule has 0 amide bonds. The summed E-state index contributed by atoms with van der Waals surface area (Å²) in [6.45, 7) is 2.37. The Bertz CT molecular complexity index is 3090. The Morgan fingerprint density at radius 1 is 0.386 bits per heavy atom. The van der Waals surface area contributed by atoms with E-state index in [1.807, 2.05) is 30.3 Å². The molecule has 0 atom stereocenters. The highest BCUT2D eigenvalue weighted by molar-refractivity contribution is 6.09. The van der Waals surface area contributed by atoms with E-state index in [-0.39, 0.29) is 5.41 Å². The molecule has 0 saturated carbocycles. The van der Waals surface area contributed by atoms with Crippen LogP contribution in [0.4, 0.5) is 0 Å². The molecule has 2 heterocycles. The van der Waals surface area contributed by atoms with Crippen LogP contribution in [0.2, 0.25) is 0 Å². The molecule has 0 spiro atoms. The maximum atomic E-state index is 6.38. The van der Waals surface area contributed by atoms with Crippen molar-refractivity contribution < 1.29 is 4.42 Å². The Labute approximate surface area is 331 Å². The zero-order valence-electron chi connectivity index (χ0n) is 31.4. The molecule has 57 heavy (non-hydrogen) atoms. The van der Waals surface area contributed by atoms with Crippen molar-refractivity contribution in [2.24, 2.45) is 0 Å². The molecule has 0 N–H and O–H groups in total. The topological polar surface area (TPSA) is 38.9 Å². The SMILES string of the molecule is CC1(c2cccc(-c3ccccc3-c3cc(-c4ccc(-c5cccc6c5oc5ccccc56)cc4)nc(-c4ccccc4)n3)c2)c2ccccc2-c2ccccc21. The van der Waals surface area contributed by atoms with Crippen LogP contribution in [0, 0.1) is 0 Å². The molecule has 1 aliphatic carbocycles. The van der Waals surface area contributed by atoms with Crippen molar-refractivity contribution in [3.05, 3.63) is 217 Å². The second-order valence-corrected chi connectivity index (χ2v) is 15.0. The van der Waals surface area contributed by atoms with Crippen molar-refractivity contribution in [2.45, 2.75) is 12.3 Å². The summed E-state index contributed by atoms with van der Waals surface area (Å²) in [5.74, 6) is 0.689. The van der Waals surface area contributed by atoms with Crippen LogP contribution < -0.4 is 0 Å². The average molecular weight is 729 g/mol. The first-order valence-electron chi connectivity index (χ1n) is 19.5. The van der Waals surface area contributed by atoms with Crippen LogP contribution in [-0.4, -0.2) is 9.97 Å². The monoisotopic (exact) mass is 728 g/mol. The van der Waals surface area contributed by atoms with Gasteiger partial charge in [0.1, 0.15) is 11.2 Å². The maximum Gasteiger partial charge on any atom is 0.160 e. The standard InChI is InChI=1S/C54H36N2O/c1-54(47-26-10-7-20-42(47)43-21-8-11-27-48(43)54)39-18-13-17-38(33-39)40-19-5-6-22-44(40)50-34-49(55-53(56-50)37-15-3-2-4-16-37)36-31-29-35(30-32-36)41-24-14-25-46-45-23-9-12-28-51(45)57-52(41)46/h2-34H,1H3. The number of furan rings is 1. The molecule has 8 aromatic carbocycles. The predicted molar refractivity (Wildman–Crippen MR) is 234 cm³/mol. The largest absolute Gasteiger partial charge is 0.455 e. The summed E-state index contributed by atoms with van der Waals surface area (Å²) < 4.78 is 6.38. The molecule has 0 saturated heterocycles. The first-order chi connectivity index (χ1) is 28.1. The minimum atomic E-state index is -0.289. The van der Waals surface area contributed by atoms with Crippen LogP contribution in [0.5, 0.6) is 0 Å². The van der Waals surface area contributed by atoms with E-state index in [1.54, 1.807) is 0 Å². The summed E-state index contributed by atoms with van der Waals surface area (Å²) >= 11 is 0. The quantitative estimate of drug-likeness (QED) is 0.171. The number of benzene rings is 8. The van der Waals surface area contributed by atoms with Gasteiger partial charge in [0.25, 0.3) is 0 Å². The lowest BCUT2D eigenvalue weighted by atomic mass is 9.73. The molecule has 10 aromatic rings. The Hall–Kier alpha value is -7.36. The molecule has 0 bridgehead atoms. The molecule has 2 aromatic heterocycles. The Balaban J connectivity index is 1.02. The van der Waals surface area contributed by atoms with Gasteiger partial charge in [-0.3, -0.25) is 0 Å². The fraction of sp³-hybridized carbons (Fsp3) is 0.0370. The van der Waals surface area contributed by atoms with Crippen LogP contribution in [0.3, 0.4) is 0 Å². The molecule has 268 valence electrons. The number of para-hydroxylation sites is 2. The van der Waals surface area contributed by atoms with E-state index in [9.17, 15) is 0 Å². The Morgan fingerprint density at radius 3 is 1.72 bits per heavy atom. The molecular weight excluding hydrogens is 693 g/mol. The molecular formula is C54H36N2O. The van der Waals surface area contributed by atoms with Crippen molar-refractivity contribution in [3.8, 4) is 67.3 Å². The van der Waals surface area contributed by atoms with Crippen molar-refractivity contribution in [1.82, 2.24) is 9.97 Å². The van der Waals surface area contributed by atoms with Crippen LogP contribution in [-0.2, 0) is 5.41 Å². The lowest BCUT2D eigenvalue weighted by Gasteiger charge is -2.29. The maximum absolute atomic E-state index is 6.38. The summed E-state index contributed by atoms with van der Waals surface area (Å²) in [6.07, 6.45) is 0. The molecule has 0 fully saturated rings. The van der Waals surface area contributed by atoms with Crippen LogP contribution in [0.1, 0.15) is 23.6 Å². The highest BCUT2D eigenvalue weighted by Gasteiger charge is 2.40. The van der Waals surface area contributed by atoms with Crippen LogP contribution in [0.25, 0.3) is 89.2 Å². The van der Waals surface area contributed by atoms with E-state index < -0.39 is 0 Å². The molecule has 0 aliphatic heterocycles. The van der Waals surface area contributed by atoms with Crippen LogP contribution >= 0.6 is 0 Å². The third-order valence-electron chi connectivity index (χ3n) is 11.8. The third-order valence-corrected chi connectivity index (χ3v) is 11.8. The molecule has 11 rings (SSSR count). The summed E-state index contributed by atoms with van der Waals surface area (Å²) in [7, 11) is 0. The van der Waals surface area contributed by atoms with Crippen molar-refractivity contribution >= 4 is 21.9 Å². The van der Waals surface area contributed by atoms with Gasteiger partial charge < -0.3 is 4.42 Å². The first-order valence-corrected chi connectivity index (χ1v) is 19.5. The van der Waals surface area contributed by atoms with Gasteiger partial charge in [0.2, 0.25) is 0 Å². The number of nitrogens with zero attached hydrogens (tertiary/aromatic N) is 2. The van der Waals surface area contributed by atoms with E-state index in [0.29, 0.717) is 5.82 Å². The van der Waals surface area contributed by atoms with Gasteiger partial charge in [0.15, 0.2) is 5.82 Å². The molecule has 1 aliphatic rings. The lowest BCUT2D eigenvalue weighted by Crippen LogP contribution is -2.22. The second kappa shape index (κ2) is 13.1. The summed E-state index contributed by atoms with van der Waals surface area (Å²) in [6, 6.07) is 71.0. The summed E-state index contributed by atoms with van der Waals surface area (Å²) in [4.78, 5) is 10.4. The number of rotatable bonds is 6. The fourth-order valence-electron chi connectivity index (χ4n) is 8.96. The normalized spacial score (nSPS) is 12.8. The zero-order chi connectivity index (χ0) is 37.9. The predicted octanol–water partition coefficient (Wildman–Crippen LogP) is 14.0. The summed E-state index contributed by atoms with van der Waals surface area (Å²) in [5.41, 5.74) is 17.3. The van der Waals surface area contributed by atoms with E-state index in [4.69, 9.17) is 14.4 Å². The van der Waals surface area contributed by atoms with Gasteiger partial charge in [-0.2, -0.15) is 0 Å². The van der Waals surface area contributed by atoms with E-state index in [2.05, 4.69) is 177 Å². The van der Waals surface area contributed by atoms with Crippen molar-refractivity contribution in [3.63, 3.8) is 0 Å². The zero-order valence-corrected chi connectivity index (χ0v) is 31.4. The minimum Gasteiger partial charge on any atom is -0.455 e. The molecule has 3 heteroatoms. The van der Waals surface area contributed by atoms with E-state index in [0.717, 1.165) is 72.3 Å². The van der Waals surface area contributed by atoms with Gasteiger partial charge >= 0.3 is 0 Å². The van der Waals surface area contributed by atoms with Gasteiger partial charge in [-0.15, -0.1) is 0 Å². The third kappa shape index (κ3) is 5.35. The first kappa shape index (κ1) is 33.0. The van der Waals surface area contributed by atoms with Gasteiger partial charge in [0, 0.05) is 38.4 Å². The highest BCUT2D eigenvalue weighted by Crippen LogP contribution is 2.52. The Kier molecular flexibility index (Phi) is 7.61. The Morgan fingerprint density at radius 2 is 0.947 bits per heavy atom. The number of hydrogen-bond donors (Lipinski definition) is 0. The lowest BCUT2D eigenvalue weighted by molar-refractivity contribution is 0.670. The van der Waals surface area contributed by atoms with Gasteiger partial charge in [-0.05, 0) is 69.6 Å². The molecule has 0 radical (unpaired) electrons. The van der Waals surface area contributed by atoms with Crippen molar-refractivity contribution in [1.29, 1.82) is 0 Å². The average Bonchev–Trinajstić information content (AvgIpc) is 3.80. The second-order valence-electron chi connectivity index (χ2n) is 15.0. The highest BCUT2D eigenvalue weighted by atomic mass is 16.3. The molecule has 0 unspecified atom stereocenters. The van der Waals surface area contributed by atoms with E-state index in [1.165, 1.54) is 27.8 Å². The van der Waals surface area contributed by atoms with Crippen LogP contribution in [0.15, 0.2) is 205 Å². The van der Waals surface area contributed by atoms with Gasteiger partial charge in [-0.25, -0.2) is 9.97 Å². The number of fused-ring (bicyclic) bond motifs is 6. The number of hydrogen-bond acceptors (Lipinski definition) is 3. The number of aromatic nitrogens is 2. The minimum absolute atomic E-state index is 0.289. The van der Waals surface area contributed by atoms with Gasteiger partial charge in [0.05, 0.1) is 11.4 Å². The van der Waals surface area contributed by atoms with E-state index >= 15 is 0 Å². The fourth-order valence-corrected chi connectivity index (χ4v) is 8.96. The van der Waals surface area contributed by atoms with Gasteiger partial charge in [-0.1, -0.05) is 182 Å². The summed E-state index contributed by atoms with van der Waals surface area (Å²) in [5, 5.41) is 2.25.